The Hall–Kier alpha value is -1.63. The molecule has 1 aromatic heterocycles. The molecule has 1 saturated heterocycles. The predicted octanol–water partition coefficient (Wildman–Crippen LogP) is 1.96. The van der Waals surface area contributed by atoms with Gasteiger partial charge in [0.1, 0.15) is 5.82 Å². The van der Waals surface area contributed by atoms with Crippen molar-refractivity contribution in [2.24, 2.45) is 11.3 Å². The van der Waals surface area contributed by atoms with Crippen molar-refractivity contribution in [1.29, 1.82) is 0 Å². The van der Waals surface area contributed by atoms with E-state index in [1.165, 1.54) is 0 Å². The van der Waals surface area contributed by atoms with Crippen LogP contribution in [-0.2, 0) is 24.2 Å². The van der Waals surface area contributed by atoms with Crippen LogP contribution in [0.3, 0.4) is 0 Å². The first-order valence-corrected chi connectivity index (χ1v) is 9.61. The molecule has 0 unspecified atom stereocenters. The summed E-state index contributed by atoms with van der Waals surface area (Å²) in [5.41, 5.74) is 0.0176. The van der Waals surface area contributed by atoms with E-state index >= 15 is 0 Å². The molecular formula is C18H29N5O2. The van der Waals surface area contributed by atoms with Gasteiger partial charge in [-0.15, -0.1) is 10.2 Å². The van der Waals surface area contributed by atoms with Gasteiger partial charge in [0.05, 0.1) is 12.6 Å². The fourth-order valence-electron chi connectivity index (χ4n) is 5.14. The van der Waals surface area contributed by atoms with Crippen LogP contribution in [0.5, 0.6) is 0 Å². The van der Waals surface area contributed by atoms with Gasteiger partial charge in [-0.25, -0.2) is 4.79 Å². The zero-order valence-electron chi connectivity index (χ0n) is 15.5. The maximum Gasteiger partial charge on any atom is 0.318 e. The maximum absolute atomic E-state index is 13.0. The molecule has 3 atom stereocenters. The molecule has 1 aromatic rings. The molecule has 2 amide bonds. The third-order valence-electron chi connectivity index (χ3n) is 6.18. The Balaban J connectivity index is 1.44. The summed E-state index contributed by atoms with van der Waals surface area (Å²) in [6, 6.07) is 0.268. The van der Waals surface area contributed by atoms with Gasteiger partial charge in [0, 0.05) is 43.5 Å². The van der Waals surface area contributed by atoms with E-state index in [-0.39, 0.29) is 17.5 Å². The minimum atomic E-state index is 0.0145. The van der Waals surface area contributed by atoms with Crippen LogP contribution in [0.1, 0.15) is 51.7 Å². The number of hydrogen-bond acceptors (Lipinski definition) is 4. The summed E-state index contributed by atoms with van der Waals surface area (Å²) in [4.78, 5) is 15.0. The number of nitrogens with one attached hydrogen (secondary N) is 1. The highest BCUT2D eigenvalue weighted by molar-refractivity contribution is 5.75. The molecule has 2 fully saturated rings. The van der Waals surface area contributed by atoms with Crippen LogP contribution in [0.25, 0.3) is 0 Å². The smallest absolute Gasteiger partial charge is 0.318 e. The summed E-state index contributed by atoms with van der Waals surface area (Å²) in [5.74, 6) is 2.39. The van der Waals surface area contributed by atoms with E-state index < -0.39 is 0 Å². The molecule has 3 heterocycles. The van der Waals surface area contributed by atoms with Crippen molar-refractivity contribution in [3.8, 4) is 0 Å². The third kappa shape index (κ3) is 2.63. The van der Waals surface area contributed by atoms with Crippen molar-refractivity contribution in [2.45, 2.75) is 71.7 Å². The quantitative estimate of drug-likeness (QED) is 0.884. The number of aryl methyl sites for hydroxylation is 1. The van der Waals surface area contributed by atoms with Crippen molar-refractivity contribution in [2.75, 3.05) is 13.2 Å². The molecule has 0 bridgehead atoms. The van der Waals surface area contributed by atoms with Gasteiger partial charge in [0.2, 0.25) is 0 Å². The van der Waals surface area contributed by atoms with Crippen LogP contribution in [0.2, 0.25) is 0 Å². The number of nitrogens with zero attached hydrogens (tertiary/aromatic N) is 4. The first-order chi connectivity index (χ1) is 12.0. The van der Waals surface area contributed by atoms with Crippen LogP contribution in [-0.4, -0.2) is 51.0 Å². The van der Waals surface area contributed by atoms with Gasteiger partial charge < -0.3 is 19.5 Å². The van der Waals surface area contributed by atoms with Gasteiger partial charge in [0.25, 0.3) is 0 Å². The van der Waals surface area contributed by atoms with Crippen molar-refractivity contribution in [3.05, 3.63) is 11.6 Å². The highest BCUT2D eigenvalue weighted by Gasteiger charge is 2.62. The fourth-order valence-corrected chi connectivity index (χ4v) is 5.14. The van der Waals surface area contributed by atoms with Crippen LogP contribution >= 0.6 is 0 Å². The molecule has 0 radical (unpaired) electrons. The molecular weight excluding hydrogens is 318 g/mol. The van der Waals surface area contributed by atoms with E-state index in [9.17, 15) is 4.79 Å². The second-order valence-corrected chi connectivity index (χ2v) is 8.15. The highest BCUT2D eigenvalue weighted by atomic mass is 16.5. The predicted molar refractivity (Wildman–Crippen MR) is 93.0 cm³/mol. The Morgan fingerprint density at radius 1 is 1.44 bits per heavy atom. The fraction of sp³-hybridized carbons (Fsp3) is 0.833. The minimum Gasteiger partial charge on any atom is -0.377 e. The minimum absolute atomic E-state index is 0.0145. The van der Waals surface area contributed by atoms with Crippen molar-refractivity contribution in [3.63, 3.8) is 0 Å². The molecule has 3 aliphatic rings. The Morgan fingerprint density at radius 3 is 3.08 bits per heavy atom. The van der Waals surface area contributed by atoms with Crippen LogP contribution in [0.4, 0.5) is 4.79 Å². The lowest BCUT2D eigenvalue weighted by molar-refractivity contribution is -0.143. The van der Waals surface area contributed by atoms with Gasteiger partial charge in [-0.2, -0.15) is 0 Å². The third-order valence-corrected chi connectivity index (χ3v) is 6.18. The second-order valence-electron chi connectivity index (χ2n) is 8.15. The van der Waals surface area contributed by atoms with E-state index in [4.69, 9.17) is 4.74 Å². The summed E-state index contributed by atoms with van der Waals surface area (Å²) >= 11 is 0. The maximum atomic E-state index is 13.0. The number of rotatable bonds is 5. The molecule has 2 aliphatic heterocycles. The highest BCUT2D eigenvalue weighted by Crippen LogP contribution is 2.54. The molecule has 0 spiro atoms. The monoisotopic (exact) mass is 347 g/mol. The topological polar surface area (TPSA) is 72.3 Å². The van der Waals surface area contributed by atoms with E-state index in [1.54, 1.807) is 0 Å². The standard InChI is InChI=1S/C18H29N5O2/c1-4-8-23(15-12-7-10-25-16(12)18(15,2)3)17(24)19-11-14-21-20-13-6-5-9-22(13)14/h12,15-16H,4-11H2,1-3H3,(H,19,24)/t12-,15-,16+/m1/s1. The first kappa shape index (κ1) is 16.8. The number of urea groups is 1. The number of amides is 2. The molecule has 25 heavy (non-hydrogen) atoms. The second kappa shape index (κ2) is 6.27. The van der Waals surface area contributed by atoms with E-state index in [1.807, 2.05) is 4.90 Å². The van der Waals surface area contributed by atoms with Crippen LogP contribution < -0.4 is 5.32 Å². The van der Waals surface area contributed by atoms with Gasteiger partial charge in [-0.05, 0) is 19.3 Å². The Bertz CT molecular complexity index is 656. The lowest BCUT2D eigenvalue weighted by Crippen LogP contribution is -2.68. The van der Waals surface area contributed by atoms with Crippen molar-refractivity contribution >= 4 is 6.03 Å². The molecule has 4 rings (SSSR count). The van der Waals surface area contributed by atoms with Gasteiger partial charge in [-0.1, -0.05) is 20.8 Å². The van der Waals surface area contributed by atoms with Crippen molar-refractivity contribution < 1.29 is 9.53 Å². The van der Waals surface area contributed by atoms with E-state index in [0.717, 1.165) is 57.0 Å². The van der Waals surface area contributed by atoms with E-state index in [2.05, 4.69) is 40.9 Å². The Morgan fingerprint density at radius 2 is 2.28 bits per heavy atom. The molecule has 1 N–H and O–H groups in total. The summed E-state index contributed by atoms with van der Waals surface area (Å²) in [7, 11) is 0. The Kier molecular flexibility index (Phi) is 4.22. The number of ether oxygens (including phenoxy) is 1. The zero-order valence-corrected chi connectivity index (χ0v) is 15.5. The number of aromatic nitrogens is 3. The summed E-state index contributed by atoms with van der Waals surface area (Å²) < 4.78 is 8.03. The number of carbonyl (C=O) groups is 1. The van der Waals surface area contributed by atoms with Crippen LogP contribution in [0.15, 0.2) is 0 Å². The van der Waals surface area contributed by atoms with Gasteiger partial charge >= 0.3 is 6.03 Å². The molecule has 1 aliphatic carbocycles. The first-order valence-electron chi connectivity index (χ1n) is 9.61. The van der Waals surface area contributed by atoms with Crippen molar-refractivity contribution in [1.82, 2.24) is 25.0 Å². The largest absolute Gasteiger partial charge is 0.377 e. The Labute approximate surface area is 149 Å². The molecule has 0 aromatic carbocycles. The molecule has 7 heteroatoms. The lowest BCUT2D eigenvalue weighted by atomic mass is 9.56. The molecule has 1 saturated carbocycles. The van der Waals surface area contributed by atoms with E-state index in [0.29, 0.717) is 18.6 Å². The number of carbonyl (C=O) groups excluding carboxylic acids is 1. The summed E-state index contributed by atoms with van der Waals surface area (Å²) in [6.07, 6.45) is 4.42. The summed E-state index contributed by atoms with van der Waals surface area (Å²) in [5, 5.41) is 11.5. The lowest BCUT2D eigenvalue weighted by Gasteiger charge is -2.58. The number of hydrogen-bond donors (Lipinski definition) is 1. The average molecular weight is 347 g/mol. The average Bonchev–Trinajstić information content (AvgIpc) is 3.28. The normalized spacial score (nSPS) is 29.0. The zero-order chi connectivity index (χ0) is 17.6. The van der Waals surface area contributed by atoms with Gasteiger partial charge in [0.15, 0.2) is 5.82 Å². The summed E-state index contributed by atoms with van der Waals surface area (Å²) in [6.45, 7) is 9.59. The number of fused-ring (bicyclic) bond motifs is 2. The van der Waals surface area contributed by atoms with Crippen LogP contribution in [0, 0.1) is 11.3 Å². The van der Waals surface area contributed by atoms with Gasteiger partial charge in [-0.3, -0.25) is 0 Å². The SMILES string of the molecule is CCCN(C(=O)NCc1nnc2n1CCC2)[C@@H]1[C@H]2CCO[C@@H]2C1(C)C. The molecule has 7 nitrogen and oxygen atoms in total. The molecule has 138 valence electrons.